The Morgan fingerprint density at radius 2 is 1.90 bits per heavy atom. The molecule has 1 atom stereocenters. The molecular weight excluding hydrogens is 493 g/mol. The van der Waals surface area contributed by atoms with E-state index in [-0.39, 0.29) is 12.1 Å². The van der Waals surface area contributed by atoms with Crippen molar-refractivity contribution in [2.45, 2.75) is 77.5 Å². The number of amides is 1. The normalized spacial score (nSPS) is 21.3. The second-order valence-corrected chi connectivity index (χ2v) is 10.7. The second kappa shape index (κ2) is 8.51. The average molecular weight is 525 g/mol. The van der Waals surface area contributed by atoms with E-state index in [4.69, 9.17) is 9.72 Å². The van der Waals surface area contributed by atoms with Gasteiger partial charge in [-0.25, -0.2) is 14.8 Å². The number of ether oxygens (including phenoxy) is 1. The summed E-state index contributed by atoms with van der Waals surface area (Å²) in [5.41, 5.74) is 0.562. The third kappa shape index (κ3) is 4.38. The van der Waals surface area contributed by atoms with E-state index in [1.54, 1.807) is 6.33 Å². The molecule has 0 aromatic carbocycles. The molecule has 1 saturated carbocycles. The fourth-order valence-electron chi connectivity index (χ4n) is 4.64. The summed E-state index contributed by atoms with van der Waals surface area (Å²) in [6.45, 7) is 9.85. The van der Waals surface area contributed by atoms with E-state index in [1.807, 2.05) is 25.7 Å². The SMILES string of the molecule is CC1CN(C(=O)OC(C)(C)C)CCN1c1ncnc2c1c(I)cn2C1CCCCC1. The van der Waals surface area contributed by atoms with Crippen molar-refractivity contribution in [2.75, 3.05) is 24.5 Å². The fraction of sp³-hybridized carbons (Fsp3) is 0.682. The van der Waals surface area contributed by atoms with Crippen LogP contribution in [0.5, 0.6) is 0 Å². The van der Waals surface area contributed by atoms with Gasteiger partial charge in [0.1, 0.15) is 23.4 Å². The quantitative estimate of drug-likeness (QED) is 0.518. The maximum Gasteiger partial charge on any atom is 0.410 e. The molecule has 1 aliphatic carbocycles. The lowest BCUT2D eigenvalue weighted by molar-refractivity contribution is 0.0218. The molecule has 3 heterocycles. The van der Waals surface area contributed by atoms with Gasteiger partial charge in [-0.1, -0.05) is 19.3 Å². The summed E-state index contributed by atoms with van der Waals surface area (Å²) in [7, 11) is 0. The summed E-state index contributed by atoms with van der Waals surface area (Å²) < 4.78 is 9.14. The number of carbonyl (C=O) groups excluding carboxylic acids is 1. The summed E-state index contributed by atoms with van der Waals surface area (Å²) >= 11 is 2.42. The van der Waals surface area contributed by atoms with Crippen molar-refractivity contribution in [3.63, 3.8) is 0 Å². The summed E-state index contributed by atoms with van der Waals surface area (Å²) in [6, 6.07) is 0.687. The monoisotopic (exact) mass is 525 g/mol. The van der Waals surface area contributed by atoms with Crippen LogP contribution in [-0.4, -0.2) is 56.8 Å². The second-order valence-electron chi connectivity index (χ2n) is 9.54. The smallest absolute Gasteiger partial charge is 0.410 e. The summed E-state index contributed by atoms with van der Waals surface area (Å²) in [5.74, 6) is 0.982. The zero-order valence-electron chi connectivity index (χ0n) is 18.4. The molecule has 0 bridgehead atoms. The van der Waals surface area contributed by atoms with E-state index in [0.29, 0.717) is 19.1 Å². The topological polar surface area (TPSA) is 63.5 Å². The number of carbonyl (C=O) groups is 1. The molecule has 0 N–H and O–H groups in total. The standard InChI is InChI=1S/C22H32IN5O2/c1-15-12-26(21(29)30-22(2,3)4)10-11-27(15)19-18-17(23)13-28(20(18)25-14-24-19)16-8-6-5-7-9-16/h13-16H,5-12H2,1-4H3. The van der Waals surface area contributed by atoms with Gasteiger partial charge in [0, 0.05) is 41.5 Å². The first-order chi connectivity index (χ1) is 14.2. The molecule has 2 aromatic rings. The van der Waals surface area contributed by atoms with Gasteiger partial charge in [-0.15, -0.1) is 0 Å². The Morgan fingerprint density at radius 1 is 1.17 bits per heavy atom. The Labute approximate surface area is 192 Å². The molecule has 2 aromatic heterocycles. The largest absolute Gasteiger partial charge is 0.444 e. The number of halogens is 1. The van der Waals surface area contributed by atoms with Crippen LogP contribution in [0.4, 0.5) is 10.6 Å². The van der Waals surface area contributed by atoms with Crippen molar-refractivity contribution in [3.8, 4) is 0 Å². The van der Waals surface area contributed by atoms with Crippen LogP contribution < -0.4 is 4.90 Å². The van der Waals surface area contributed by atoms with Crippen molar-refractivity contribution in [1.29, 1.82) is 0 Å². The molecule has 7 nitrogen and oxygen atoms in total. The molecule has 8 heteroatoms. The van der Waals surface area contributed by atoms with Crippen LogP contribution in [0, 0.1) is 3.57 Å². The lowest BCUT2D eigenvalue weighted by atomic mass is 9.95. The Kier molecular flexibility index (Phi) is 6.14. The third-order valence-electron chi connectivity index (χ3n) is 6.06. The molecule has 0 spiro atoms. The number of rotatable bonds is 2. The number of hydrogen-bond acceptors (Lipinski definition) is 5. The van der Waals surface area contributed by atoms with Crippen molar-refractivity contribution >= 4 is 45.5 Å². The molecule has 0 radical (unpaired) electrons. The lowest BCUT2D eigenvalue weighted by Crippen LogP contribution is -2.54. The number of anilines is 1. The van der Waals surface area contributed by atoms with E-state index in [1.165, 1.54) is 35.7 Å². The van der Waals surface area contributed by atoms with Crippen LogP contribution in [0.25, 0.3) is 11.0 Å². The Balaban J connectivity index is 1.58. The van der Waals surface area contributed by atoms with E-state index in [9.17, 15) is 4.79 Å². The van der Waals surface area contributed by atoms with Crippen molar-refractivity contribution in [1.82, 2.24) is 19.4 Å². The maximum atomic E-state index is 12.5. The predicted octanol–water partition coefficient (Wildman–Crippen LogP) is 4.99. The number of piperazine rings is 1. The molecule has 30 heavy (non-hydrogen) atoms. The highest BCUT2D eigenvalue weighted by atomic mass is 127. The van der Waals surface area contributed by atoms with Crippen LogP contribution >= 0.6 is 22.6 Å². The Bertz CT molecular complexity index is 916. The molecule has 1 saturated heterocycles. The van der Waals surface area contributed by atoms with Gasteiger partial charge < -0.3 is 19.1 Å². The number of hydrogen-bond donors (Lipinski definition) is 0. The van der Waals surface area contributed by atoms with E-state index >= 15 is 0 Å². The van der Waals surface area contributed by atoms with Gasteiger partial charge in [0.2, 0.25) is 0 Å². The van der Waals surface area contributed by atoms with Crippen LogP contribution in [0.15, 0.2) is 12.5 Å². The number of fused-ring (bicyclic) bond motifs is 1. The zero-order valence-corrected chi connectivity index (χ0v) is 20.6. The lowest BCUT2D eigenvalue weighted by Gasteiger charge is -2.41. The van der Waals surface area contributed by atoms with E-state index < -0.39 is 5.60 Å². The highest BCUT2D eigenvalue weighted by Gasteiger charge is 2.32. The first kappa shape index (κ1) is 21.6. The van der Waals surface area contributed by atoms with Crippen LogP contribution in [0.3, 0.4) is 0 Å². The average Bonchev–Trinajstić information content (AvgIpc) is 3.04. The van der Waals surface area contributed by atoms with E-state index in [0.717, 1.165) is 23.4 Å². The van der Waals surface area contributed by atoms with Gasteiger partial charge >= 0.3 is 6.09 Å². The zero-order chi connectivity index (χ0) is 21.5. The summed E-state index contributed by atoms with van der Waals surface area (Å²) in [6.07, 6.45) is 10.1. The van der Waals surface area contributed by atoms with Gasteiger partial charge in [-0.2, -0.15) is 0 Å². The van der Waals surface area contributed by atoms with Gasteiger partial charge in [-0.05, 0) is 63.1 Å². The van der Waals surface area contributed by atoms with Crippen molar-refractivity contribution in [2.24, 2.45) is 0 Å². The van der Waals surface area contributed by atoms with E-state index in [2.05, 4.69) is 50.2 Å². The molecule has 1 amide bonds. The highest BCUT2D eigenvalue weighted by Crippen LogP contribution is 2.36. The van der Waals surface area contributed by atoms with Gasteiger partial charge in [0.15, 0.2) is 0 Å². The van der Waals surface area contributed by atoms with Crippen molar-refractivity contribution < 1.29 is 9.53 Å². The van der Waals surface area contributed by atoms with Gasteiger partial charge in [0.05, 0.1) is 5.39 Å². The van der Waals surface area contributed by atoms with Crippen LogP contribution in [-0.2, 0) is 4.74 Å². The Hall–Kier alpha value is -1.58. The first-order valence-corrected chi connectivity index (χ1v) is 12.1. The van der Waals surface area contributed by atoms with Crippen molar-refractivity contribution in [3.05, 3.63) is 16.1 Å². The van der Waals surface area contributed by atoms with Crippen LogP contribution in [0.2, 0.25) is 0 Å². The molecule has 1 unspecified atom stereocenters. The maximum absolute atomic E-state index is 12.5. The molecule has 2 aliphatic rings. The van der Waals surface area contributed by atoms with Gasteiger partial charge in [-0.3, -0.25) is 0 Å². The van der Waals surface area contributed by atoms with Gasteiger partial charge in [0.25, 0.3) is 0 Å². The summed E-state index contributed by atoms with van der Waals surface area (Å²) in [5, 5.41) is 1.14. The minimum atomic E-state index is -0.478. The predicted molar refractivity (Wildman–Crippen MR) is 127 cm³/mol. The Morgan fingerprint density at radius 3 is 2.57 bits per heavy atom. The number of nitrogens with zero attached hydrogens (tertiary/aromatic N) is 5. The highest BCUT2D eigenvalue weighted by molar-refractivity contribution is 14.1. The molecule has 1 aliphatic heterocycles. The number of aromatic nitrogens is 3. The minimum absolute atomic E-state index is 0.151. The fourth-order valence-corrected chi connectivity index (χ4v) is 5.43. The molecule has 4 rings (SSSR count). The molecular formula is C22H32IN5O2. The molecule has 2 fully saturated rings. The van der Waals surface area contributed by atoms with Crippen LogP contribution in [0.1, 0.15) is 65.8 Å². The molecule has 164 valence electrons. The first-order valence-electron chi connectivity index (χ1n) is 11.0. The minimum Gasteiger partial charge on any atom is -0.444 e. The third-order valence-corrected chi connectivity index (χ3v) is 6.88. The summed E-state index contributed by atoms with van der Waals surface area (Å²) in [4.78, 5) is 26.0.